The summed E-state index contributed by atoms with van der Waals surface area (Å²) in [6.07, 6.45) is 3.83. The summed E-state index contributed by atoms with van der Waals surface area (Å²) in [4.78, 5) is 20.9. The zero-order valence-electron chi connectivity index (χ0n) is 10.2. The molecular weight excluding hydrogens is 248 g/mol. The van der Waals surface area contributed by atoms with Gasteiger partial charge in [-0.1, -0.05) is 21.4 Å². The van der Waals surface area contributed by atoms with Crippen molar-refractivity contribution in [2.24, 2.45) is 0 Å². The van der Waals surface area contributed by atoms with Gasteiger partial charge >= 0.3 is 11.9 Å². The molecule has 0 atom stereocenters. The second-order valence-corrected chi connectivity index (χ2v) is 3.67. The van der Waals surface area contributed by atoms with Gasteiger partial charge in [0.05, 0.1) is 13.2 Å². The van der Waals surface area contributed by atoms with E-state index >= 15 is 0 Å². The van der Waals surface area contributed by atoms with Gasteiger partial charge in [-0.15, -0.1) is 0 Å². The van der Waals surface area contributed by atoms with Gasteiger partial charge in [-0.2, -0.15) is 0 Å². The number of hydrogen-bond acceptors (Lipinski definition) is 5. The van der Waals surface area contributed by atoms with Crippen LogP contribution in [-0.2, 0) is 19.1 Å². The predicted molar refractivity (Wildman–Crippen MR) is 75.7 cm³/mol. The molecule has 0 amide bonds. The Bertz CT molecular complexity index is 251. The van der Waals surface area contributed by atoms with Crippen LogP contribution in [-0.4, -0.2) is 36.9 Å². The summed E-state index contributed by atoms with van der Waals surface area (Å²) < 4.78 is 9.23. The van der Waals surface area contributed by atoms with Gasteiger partial charge in [0.15, 0.2) is 0 Å². The fraction of sp³-hybridized carbons (Fsp3) is 0.714. The van der Waals surface area contributed by atoms with Gasteiger partial charge < -0.3 is 14.6 Å². The molecule has 1 fully saturated rings. The lowest BCUT2D eigenvalue weighted by molar-refractivity contribution is -0.142. The van der Waals surface area contributed by atoms with Crippen molar-refractivity contribution in [2.75, 3.05) is 19.8 Å². The Morgan fingerprint density at radius 2 is 2.00 bits per heavy atom. The van der Waals surface area contributed by atoms with Crippen molar-refractivity contribution in [2.45, 2.75) is 47.5 Å². The molecule has 0 aliphatic carbocycles. The lowest BCUT2D eigenvalue weighted by atomic mass is 10.2. The molecule has 0 aromatic carbocycles. The lowest BCUT2D eigenvalue weighted by Gasteiger charge is -1.99. The molecule has 5 nitrogen and oxygen atoms in total. The molecule has 1 aliphatic heterocycles. The molecule has 0 unspecified atom stereocenters. The zero-order chi connectivity index (χ0) is 13.1. The number of hydrogen-bond donors (Lipinski definition) is 1. The van der Waals surface area contributed by atoms with Crippen LogP contribution in [0, 0.1) is 0 Å². The summed E-state index contributed by atoms with van der Waals surface area (Å²) in [7, 11) is 0. The number of cyclic esters (lactones) is 1. The van der Waals surface area contributed by atoms with Crippen LogP contribution in [0.4, 0.5) is 0 Å². The molecule has 0 spiro atoms. The Hall–Kier alpha value is -1.36. The highest BCUT2D eigenvalue weighted by Gasteiger charge is 2.05. The molecule has 1 heterocycles. The van der Waals surface area contributed by atoms with Crippen LogP contribution < -0.4 is 0 Å². The monoisotopic (exact) mass is 276 g/mol. The Labute approximate surface area is 116 Å². The SMILES string of the molecule is C.C.C=C(C)C(=O)OCCO.O=C1CCCCCO1. The predicted octanol–water partition coefficient (Wildman–Crippen LogP) is 2.47. The van der Waals surface area contributed by atoms with Crippen LogP contribution in [0.5, 0.6) is 0 Å². The van der Waals surface area contributed by atoms with Gasteiger partial charge in [-0.25, -0.2) is 4.79 Å². The van der Waals surface area contributed by atoms with Gasteiger partial charge in [0.25, 0.3) is 0 Å². The summed E-state index contributed by atoms with van der Waals surface area (Å²) in [5.74, 6) is -0.480. The Kier molecular flexibility index (Phi) is 17.6. The highest BCUT2D eigenvalue weighted by molar-refractivity contribution is 5.86. The molecule has 1 saturated heterocycles. The minimum Gasteiger partial charge on any atom is -0.466 e. The normalized spacial score (nSPS) is 13.3. The Morgan fingerprint density at radius 1 is 1.37 bits per heavy atom. The lowest BCUT2D eigenvalue weighted by Crippen LogP contribution is -2.08. The van der Waals surface area contributed by atoms with Crippen molar-refractivity contribution in [3.8, 4) is 0 Å². The number of rotatable bonds is 3. The summed E-state index contributed by atoms with van der Waals surface area (Å²) in [6, 6.07) is 0. The van der Waals surface area contributed by atoms with Gasteiger partial charge in [0, 0.05) is 12.0 Å². The van der Waals surface area contributed by atoms with Crippen LogP contribution in [0.3, 0.4) is 0 Å². The topological polar surface area (TPSA) is 72.8 Å². The molecule has 0 radical (unpaired) electrons. The molecular formula is C14H28O5. The number of esters is 2. The van der Waals surface area contributed by atoms with E-state index in [4.69, 9.17) is 9.84 Å². The first kappa shape index (κ1) is 22.8. The maximum Gasteiger partial charge on any atom is 0.333 e. The number of carbonyl (C=O) groups excluding carboxylic acids is 2. The van der Waals surface area contributed by atoms with Gasteiger partial charge in [0.2, 0.25) is 0 Å². The first-order chi connectivity index (χ1) is 8.07. The minimum atomic E-state index is -0.455. The molecule has 19 heavy (non-hydrogen) atoms. The van der Waals surface area contributed by atoms with Crippen molar-refractivity contribution in [1.29, 1.82) is 0 Å². The molecule has 1 aliphatic rings. The summed E-state index contributed by atoms with van der Waals surface area (Å²) in [5, 5.41) is 8.19. The van der Waals surface area contributed by atoms with E-state index in [-0.39, 0.29) is 34.0 Å². The molecule has 0 aromatic heterocycles. The van der Waals surface area contributed by atoms with E-state index in [1.807, 2.05) is 0 Å². The smallest absolute Gasteiger partial charge is 0.333 e. The molecule has 5 heteroatoms. The molecule has 0 aromatic rings. The quantitative estimate of drug-likeness (QED) is 0.633. The van der Waals surface area contributed by atoms with Crippen molar-refractivity contribution < 1.29 is 24.2 Å². The first-order valence-electron chi connectivity index (χ1n) is 5.67. The van der Waals surface area contributed by atoms with Gasteiger partial charge in [0.1, 0.15) is 6.61 Å². The van der Waals surface area contributed by atoms with E-state index < -0.39 is 5.97 Å². The van der Waals surface area contributed by atoms with E-state index in [1.54, 1.807) is 6.92 Å². The average molecular weight is 276 g/mol. The molecule has 0 bridgehead atoms. The largest absolute Gasteiger partial charge is 0.466 e. The second kappa shape index (κ2) is 14.7. The third-order valence-electron chi connectivity index (χ3n) is 1.96. The van der Waals surface area contributed by atoms with Crippen LogP contribution in [0.1, 0.15) is 47.5 Å². The third-order valence-corrected chi connectivity index (χ3v) is 1.96. The van der Waals surface area contributed by atoms with Crippen LogP contribution >= 0.6 is 0 Å². The number of aliphatic hydroxyl groups is 1. The van der Waals surface area contributed by atoms with Gasteiger partial charge in [-0.05, 0) is 26.2 Å². The van der Waals surface area contributed by atoms with E-state index in [0.717, 1.165) is 19.3 Å². The van der Waals surface area contributed by atoms with Crippen molar-refractivity contribution >= 4 is 11.9 Å². The third kappa shape index (κ3) is 14.6. The van der Waals surface area contributed by atoms with Crippen molar-refractivity contribution in [3.05, 3.63) is 12.2 Å². The van der Waals surface area contributed by atoms with Crippen LogP contribution in [0.15, 0.2) is 12.2 Å². The fourth-order valence-electron chi connectivity index (χ4n) is 1.07. The van der Waals surface area contributed by atoms with E-state index in [0.29, 0.717) is 18.6 Å². The van der Waals surface area contributed by atoms with Crippen LogP contribution in [0.25, 0.3) is 0 Å². The van der Waals surface area contributed by atoms with E-state index in [9.17, 15) is 9.59 Å². The van der Waals surface area contributed by atoms with Crippen molar-refractivity contribution in [1.82, 2.24) is 0 Å². The minimum absolute atomic E-state index is 0. The Balaban J connectivity index is -0.000000244. The first-order valence-corrected chi connectivity index (χ1v) is 5.67. The second-order valence-electron chi connectivity index (χ2n) is 3.67. The summed E-state index contributed by atoms with van der Waals surface area (Å²) in [5.41, 5.74) is 0.350. The zero-order valence-corrected chi connectivity index (χ0v) is 10.2. The number of aliphatic hydroxyl groups excluding tert-OH is 1. The van der Waals surface area contributed by atoms with Crippen LogP contribution in [0.2, 0.25) is 0 Å². The molecule has 0 saturated carbocycles. The molecule has 1 N–H and O–H groups in total. The molecule has 1 rings (SSSR count). The Morgan fingerprint density at radius 3 is 2.53 bits per heavy atom. The van der Waals surface area contributed by atoms with Crippen molar-refractivity contribution in [3.63, 3.8) is 0 Å². The fourth-order valence-corrected chi connectivity index (χ4v) is 1.07. The maximum absolute atomic E-state index is 10.5. The number of ether oxygens (including phenoxy) is 2. The average Bonchev–Trinajstić information content (AvgIpc) is 2.54. The summed E-state index contributed by atoms with van der Waals surface area (Å²) in [6.45, 7) is 5.45. The summed E-state index contributed by atoms with van der Waals surface area (Å²) >= 11 is 0. The molecule has 114 valence electrons. The van der Waals surface area contributed by atoms with E-state index in [2.05, 4.69) is 11.3 Å². The van der Waals surface area contributed by atoms with E-state index in [1.165, 1.54) is 0 Å². The standard InChI is InChI=1S/C6H10O3.C6H10O2.2CH4/c1-5(2)6(8)9-4-3-7;7-6-4-2-1-3-5-8-6;;/h7H,1,3-4H2,2H3;1-5H2;2*1H4. The highest BCUT2D eigenvalue weighted by atomic mass is 16.5. The van der Waals surface area contributed by atoms with Gasteiger partial charge in [-0.3, -0.25) is 4.79 Å². The maximum atomic E-state index is 10.5. The number of carbonyl (C=O) groups is 2. The highest BCUT2D eigenvalue weighted by Crippen LogP contribution is 2.06.